The maximum atomic E-state index is 11.4. The lowest BCUT2D eigenvalue weighted by atomic mass is 9.87. The average Bonchev–Trinajstić information content (AvgIpc) is 3.42. The number of carboxylic acid groups (broad SMARTS) is 1. The molecule has 12 nitrogen and oxygen atoms in total. The molecule has 3 heterocycles. The third kappa shape index (κ3) is 5.38. The summed E-state index contributed by atoms with van der Waals surface area (Å²) in [4.78, 5) is 16.1. The Labute approximate surface area is 197 Å². The van der Waals surface area contributed by atoms with E-state index in [4.69, 9.17) is 14.5 Å². The van der Waals surface area contributed by atoms with Crippen LogP contribution in [0.2, 0.25) is 0 Å². The number of nitrogens with zero attached hydrogens (tertiary/aromatic N) is 8. The van der Waals surface area contributed by atoms with Crippen LogP contribution in [0, 0.1) is 12.8 Å². The molecule has 0 saturated heterocycles. The molecule has 0 amide bonds. The van der Waals surface area contributed by atoms with Gasteiger partial charge >= 0.3 is 5.97 Å². The van der Waals surface area contributed by atoms with E-state index in [2.05, 4.69) is 25.8 Å². The first-order valence-corrected chi connectivity index (χ1v) is 11.5. The minimum Gasteiger partial charge on any atom is -0.489 e. The van der Waals surface area contributed by atoms with Gasteiger partial charge in [-0.1, -0.05) is 12.1 Å². The van der Waals surface area contributed by atoms with E-state index in [9.17, 15) is 9.90 Å². The highest BCUT2D eigenvalue weighted by Crippen LogP contribution is 2.30. The Morgan fingerprint density at radius 1 is 1.24 bits per heavy atom. The van der Waals surface area contributed by atoms with Gasteiger partial charge in [0.2, 0.25) is 0 Å². The summed E-state index contributed by atoms with van der Waals surface area (Å²) in [7, 11) is 1.82. The van der Waals surface area contributed by atoms with Crippen LogP contribution in [0.25, 0.3) is 11.4 Å². The van der Waals surface area contributed by atoms with E-state index < -0.39 is 5.97 Å². The SMILES string of the molecule is CCCOCc1nnnn1Cc1c(-c2ccc(O[C@H]3CCC[C@H](C(=O)O)C3)c(C)n2)nnn1C. The van der Waals surface area contributed by atoms with Gasteiger partial charge in [-0.25, -0.2) is 14.3 Å². The predicted octanol–water partition coefficient (Wildman–Crippen LogP) is 2.17. The van der Waals surface area contributed by atoms with Crippen LogP contribution in [0.1, 0.15) is 56.2 Å². The molecule has 182 valence electrons. The van der Waals surface area contributed by atoms with Crippen molar-refractivity contribution in [1.82, 2.24) is 40.2 Å². The van der Waals surface area contributed by atoms with Crippen LogP contribution in [-0.2, 0) is 29.7 Å². The summed E-state index contributed by atoms with van der Waals surface area (Å²) in [6.07, 6.45) is 3.70. The highest BCUT2D eigenvalue weighted by atomic mass is 16.5. The van der Waals surface area contributed by atoms with Gasteiger partial charge in [-0.3, -0.25) is 4.79 Å². The number of carbonyl (C=O) groups is 1. The second-order valence-corrected chi connectivity index (χ2v) is 8.54. The van der Waals surface area contributed by atoms with E-state index >= 15 is 0 Å². The molecule has 0 unspecified atom stereocenters. The second kappa shape index (κ2) is 10.7. The summed E-state index contributed by atoms with van der Waals surface area (Å²) in [6, 6.07) is 3.71. The van der Waals surface area contributed by atoms with Crippen LogP contribution >= 0.6 is 0 Å². The zero-order chi connectivity index (χ0) is 24.1. The Morgan fingerprint density at radius 2 is 2.09 bits per heavy atom. The molecule has 0 aliphatic heterocycles. The molecule has 0 spiro atoms. The Hall–Kier alpha value is -3.41. The molecule has 4 rings (SSSR count). The minimum atomic E-state index is -0.753. The van der Waals surface area contributed by atoms with Crippen molar-refractivity contribution >= 4 is 5.97 Å². The minimum absolute atomic E-state index is 0.124. The molecule has 0 aromatic carbocycles. The Balaban J connectivity index is 1.50. The number of pyridine rings is 1. The topological polar surface area (TPSA) is 143 Å². The first-order valence-electron chi connectivity index (χ1n) is 11.5. The quantitative estimate of drug-likeness (QED) is 0.438. The van der Waals surface area contributed by atoms with Crippen molar-refractivity contribution in [3.8, 4) is 17.1 Å². The molecule has 1 aliphatic rings. The van der Waals surface area contributed by atoms with Crippen molar-refractivity contribution in [1.29, 1.82) is 0 Å². The Bertz CT molecular complexity index is 1130. The largest absolute Gasteiger partial charge is 0.489 e. The van der Waals surface area contributed by atoms with Crippen molar-refractivity contribution in [2.24, 2.45) is 13.0 Å². The summed E-state index contributed by atoms with van der Waals surface area (Å²) in [5.41, 5.74) is 2.82. The van der Waals surface area contributed by atoms with Gasteiger partial charge in [0.05, 0.1) is 35.6 Å². The number of hydrogen-bond donors (Lipinski definition) is 1. The highest BCUT2D eigenvalue weighted by molar-refractivity contribution is 5.70. The Morgan fingerprint density at radius 3 is 2.85 bits per heavy atom. The zero-order valence-corrected chi connectivity index (χ0v) is 19.7. The van der Waals surface area contributed by atoms with Crippen molar-refractivity contribution in [2.45, 2.75) is 65.2 Å². The van der Waals surface area contributed by atoms with Crippen LogP contribution in [0.5, 0.6) is 5.75 Å². The normalized spacial score (nSPS) is 18.2. The van der Waals surface area contributed by atoms with E-state index in [-0.39, 0.29) is 12.0 Å². The van der Waals surface area contributed by atoms with Crippen LogP contribution in [0.15, 0.2) is 12.1 Å². The Kier molecular flexibility index (Phi) is 7.46. The van der Waals surface area contributed by atoms with Gasteiger partial charge in [0.1, 0.15) is 18.1 Å². The third-order valence-corrected chi connectivity index (χ3v) is 5.98. The number of carboxylic acids is 1. The summed E-state index contributed by atoms with van der Waals surface area (Å²) in [5.74, 6) is 0.176. The van der Waals surface area contributed by atoms with Gasteiger partial charge < -0.3 is 14.6 Å². The number of ether oxygens (including phenoxy) is 2. The van der Waals surface area contributed by atoms with Crippen LogP contribution in [0.4, 0.5) is 0 Å². The predicted molar refractivity (Wildman–Crippen MR) is 120 cm³/mol. The van der Waals surface area contributed by atoms with Crippen molar-refractivity contribution in [3.05, 3.63) is 29.3 Å². The third-order valence-electron chi connectivity index (χ3n) is 5.98. The van der Waals surface area contributed by atoms with Crippen LogP contribution in [-0.4, -0.2) is 64.0 Å². The van der Waals surface area contributed by atoms with Gasteiger partial charge in [-0.05, 0) is 61.6 Å². The molecule has 2 atom stereocenters. The lowest BCUT2D eigenvalue weighted by Gasteiger charge is -2.27. The molecule has 0 radical (unpaired) electrons. The molecule has 1 saturated carbocycles. The van der Waals surface area contributed by atoms with Crippen molar-refractivity contribution in [2.75, 3.05) is 6.61 Å². The van der Waals surface area contributed by atoms with E-state index in [1.165, 1.54) is 0 Å². The fourth-order valence-electron chi connectivity index (χ4n) is 4.11. The lowest BCUT2D eigenvalue weighted by molar-refractivity contribution is -0.143. The lowest BCUT2D eigenvalue weighted by Crippen LogP contribution is -2.29. The molecule has 3 aromatic heterocycles. The molecule has 1 aliphatic carbocycles. The monoisotopic (exact) mass is 470 g/mol. The maximum absolute atomic E-state index is 11.4. The van der Waals surface area contributed by atoms with E-state index in [0.29, 0.717) is 61.3 Å². The van der Waals surface area contributed by atoms with Crippen LogP contribution < -0.4 is 4.74 Å². The number of tetrazole rings is 1. The molecule has 34 heavy (non-hydrogen) atoms. The van der Waals surface area contributed by atoms with Crippen molar-refractivity contribution < 1.29 is 19.4 Å². The maximum Gasteiger partial charge on any atom is 0.306 e. The van der Waals surface area contributed by atoms with Crippen LogP contribution in [0.3, 0.4) is 0 Å². The van der Waals surface area contributed by atoms with Gasteiger partial charge in [-0.15, -0.1) is 10.2 Å². The second-order valence-electron chi connectivity index (χ2n) is 8.54. The van der Waals surface area contributed by atoms with Gasteiger partial charge in [0, 0.05) is 13.7 Å². The number of aryl methyl sites for hydroxylation is 2. The van der Waals surface area contributed by atoms with Gasteiger partial charge in [-0.2, -0.15) is 0 Å². The van der Waals surface area contributed by atoms with E-state index in [1.54, 1.807) is 9.36 Å². The fraction of sp³-hybridized carbons (Fsp3) is 0.591. The smallest absolute Gasteiger partial charge is 0.306 e. The first-order chi connectivity index (χ1) is 16.5. The van der Waals surface area contributed by atoms with E-state index in [1.807, 2.05) is 33.0 Å². The average molecular weight is 471 g/mol. The van der Waals surface area contributed by atoms with Crippen molar-refractivity contribution in [3.63, 3.8) is 0 Å². The molecule has 1 fully saturated rings. The first kappa shape index (κ1) is 23.7. The van der Waals surface area contributed by atoms with E-state index in [0.717, 1.165) is 25.0 Å². The standard InChI is InChI=1S/C22H30N8O4/c1-4-10-33-13-20-24-26-28-30(20)12-18-21(25-27-29(18)3)17-8-9-19(14(2)23-17)34-16-7-5-6-15(11-16)22(31)32/h8-9,15-16H,4-7,10-13H2,1-3H3,(H,31,32)/t15-,16-/m0/s1. The number of hydrogen-bond acceptors (Lipinski definition) is 9. The molecular formula is C22H30N8O4. The van der Waals surface area contributed by atoms with Gasteiger partial charge in [0.25, 0.3) is 0 Å². The highest BCUT2D eigenvalue weighted by Gasteiger charge is 2.28. The zero-order valence-electron chi connectivity index (χ0n) is 19.7. The summed E-state index contributed by atoms with van der Waals surface area (Å²) in [6.45, 7) is 5.25. The molecular weight excluding hydrogens is 440 g/mol. The summed E-state index contributed by atoms with van der Waals surface area (Å²) < 4.78 is 15.1. The summed E-state index contributed by atoms with van der Waals surface area (Å²) in [5, 5.41) is 29.7. The van der Waals surface area contributed by atoms with Gasteiger partial charge in [0.15, 0.2) is 5.82 Å². The fourth-order valence-corrected chi connectivity index (χ4v) is 4.11. The molecule has 0 bridgehead atoms. The summed E-state index contributed by atoms with van der Waals surface area (Å²) >= 11 is 0. The molecule has 12 heteroatoms. The number of rotatable bonds is 10. The molecule has 3 aromatic rings. The molecule has 1 N–H and O–H groups in total. The number of aliphatic carboxylic acids is 1. The number of aromatic nitrogens is 8.